The van der Waals surface area contributed by atoms with Gasteiger partial charge in [0.2, 0.25) is 53.7 Å². The maximum atomic E-state index is 14.7. The molecule has 4 rings (SSSR count). The molecule has 3 fully saturated rings. The van der Waals surface area contributed by atoms with E-state index in [1.807, 2.05) is 60.5 Å². The maximum Gasteiger partial charge on any atom is 0.277 e. The molecule has 82 heavy (non-hydrogen) atoms. The molecule has 2 saturated carbocycles. The third-order valence-electron chi connectivity index (χ3n) is 15.7. The molecule has 462 valence electrons. The molecule has 0 unspecified atom stereocenters. The Kier molecular flexibility index (Phi) is 24.9. The van der Waals surface area contributed by atoms with Gasteiger partial charge in [0.15, 0.2) is 11.6 Å². The standard InChI is InChI=1S/C59H100N12O11/c1-36(2)29-41(48(74)62-42(30-37(3)4)49(75)67-58(12,13)55(81)68-56(8,9)53(79)60-27-24-46(73)65-59(25-20-26-59)34-69(14)15)64-54(80)57(10,11)66-50(76)43(31-38(5)6)63-51(77)45(32-40-21-17-16-18-22-40)71(35-72)47-23-19-28-70(47)52(78)44-33-82-39(7)61-44/h33,35-38,40-43,45,47H,16-32,34H2,1-15H3,(H,60,79)(H,62,74)(H,63,77)(H,64,80)(H,65,73)(H,66,76)(H,67,75)(H,68,81)/t41-,42-,43-,45-,47+/m0/s1. The summed E-state index contributed by atoms with van der Waals surface area (Å²) in [6, 6.07) is -4.52. The second-order valence-electron chi connectivity index (χ2n) is 26.5. The first kappa shape index (κ1) is 68.4. The summed E-state index contributed by atoms with van der Waals surface area (Å²) in [6.45, 7) is 22.9. The van der Waals surface area contributed by atoms with Crippen LogP contribution in [-0.2, 0) is 43.2 Å². The molecule has 1 aliphatic heterocycles. The van der Waals surface area contributed by atoms with Crippen molar-refractivity contribution in [2.75, 3.05) is 33.7 Å². The van der Waals surface area contributed by atoms with Gasteiger partial charge in [-0.2, -0.15) is 0 Å². The number of carbonyl (C=O) groups excluding carboxylic acids is 10. The minimum atomic E-state index is -1.65. The molecule has 0 radical (unpaired) electrons. The molecule has 0 bridgehead atoms. The average Bonchev–Trinajstić information content (AvgIpc) is 4.18. The first-order chi connectivity index (χ1) is 38.2. The number of nitrogens with one attached hydrogen (secondary N) is 8. The first-order valence-electron chi connectivity index (χ1n) is 29.8. The van der Waals surface area contributed by atoms with Crippen LogP contribution in [0.15, 0.2) is 10.7 Å². The van der Waals surface area contributed by atoms with E-state index in [0.717, 1.165) is 57.9 Å². The highest BCUT2D eigenvalue weighted by Gasteiger charge is 2.44. The molecular formula is C59H100N12O11. The minimum absolute atomic E-state index is 0.0468. The minimum Gasteiger partial charge on any atom is -0.448 e. The Bertz CT molecular complexity index is 2390. The molecule has 0 spiro atoms. The lowest BCUT2D eigenvalue weighted by molar-refractivity contribution is -0.141. The number of hydrogen-bond acceptors (Lipinski definition) is 13. The van der Waals surface area contributed by atoms with Gasteiger partial charge in [0.1, 0.15) is 53.2 Å². The predicted octanol–water partition coefficient (Wildman–Crippen LogP) is 3.73. The topological polar surface area (TPSA) is 303 Å². The molecule has 5 atom stereocenters. The molecule has 0 aromatic carbocycles. The number of hydrogen-bond donors (Lipinski definition) is 8. The fraction of sp³-hybridized carbons (Fsp3) is 0.780. The Morgan fingerprint density at radius 1 is 0.683 bits per heavy atom. The van der Waals surface area contributed by atoms with E-state index in [4.69, 9.17) is 4.42 Å². The van der Waals surface area contributed by atoms with Crippen molar-refractivity contribution in [2.24, 2.45) is 23.7 Å². The summed E-state index contributed by atoms with van der Waals surface area (Å²) >= 11 is 0. The van der Waals surface area contributed by atoms with E-state index in [1.165, 1.54) is 57.6 Å². The van der Waals surface area contributed by atoms with Gasteiger partial charge in [-0.15, -0.1) is 0 Å². The van der Waals surface area contributed by atoms with E-state index in [0.29, 0.717) is 38.1 Å². The van der Waals surface area contributed by atoms with Crippen molar-refractivity contribution in [3.05, 3.63) is 17.8 Å². The number of likely N-dealkylation sites (tertiary alicyclic amines) is 1. The van der Waals surface area contributed by atoms with Crippen LogP contribution in [0, 0.1) is 30.6 Å². The zero-order valence-electron chi connectivity index (χ0n) is 51.9. The summed E-state index contributed by atoms with van der Waals surface area (Å²) in [7, 11) is 3.91. The molecule has 1 aromatic heterocycles. The molecular weight excluding hydrogens is 1050 g/mol. The molecule has 1 aromatic rings. The van der Waals surface area contributed by atoms with Gasteiger partial charge < -0.3 is 61.7 Å². The quantitative estimate of drug-likeness (QED) is 0.0493. The van der Waals surface area contributed by atoms with Crippen molar-refractivity contribution in [1.29, 1.82) is 0 Å². The van der Waals surface area contributed by atoms with Crippen LogP contribution in [0.1, 0.15) is 196 Å². The van der Waals surface area contributed by atoms with Gasteiger partial charge in [-0.05, 0) is 137 Å². The molecule has 3 aliphatic rings. The fourth-order valence-electron chi connectivity index (χ4n) is 11.1. The van der Waals surface area contributed by atoms with Crippen molar-refractivity contribution in [3.63, 3.8) is 0 Å². The van der Waals surface area contributed by atoms with Gasteiger partial charge in [0.05, 0.1) is 5.54 Å². The first-order valence-corrected chi connectivity index (χ1v) is 29.8. The number of carbonyl (C=O) groups is 10. The highest BCUT2D eigenvalue weighted by molar-refractivity contribution is 6.00. The van der Waals surface area contributed by atoms with E-state index in [9.17, 15) is 47.9 Å². The number of rotatable bonds is 31. The zero-order chi connectivity index (χ0) is 61.5. The van der Waals surface area contributed by atoms with Crippen LogP contribution in [0.4, 0.5) is 0 Å². The Morgan fingerprint density at radius 3 is 1.70 bits per heavy atom. The third kappa shape index (κ3) is 20.1. The van der Waals surface area contributed by atoms with Crippen LogP contribution in [-0.4, -0.2) is 165 Å². The third-order valence-corrected chi connectivity index (χ3v) is 15.7. The van der Waals surface area contributed by atoms with Crippen LogP contribution in [0.5, 0.6) is 0 Å². The Hall–Kier alpha value is -6.13. The Balaban J connectivity index is 1.44. The van der Waals surface area contributed by atoms with E-state index in [1.54, 1.807) is 6.92 Å². The summed E-state index contributed by atoms with van der Waals surface area (Å²) in [5, 5.41) is 22.7. The largest absolute Gasteiger partial charge is 0.448 e. The average molecular weight is 1150 g/mol. The van der Waals surface area contributed by atoms with Crippen LogP contribution in [0.25, 0.3) is 0 Å². The van der Waals surface area contributed by atoms with Crippen molar-refractivity contribution < 1.29 is 52.4 Å². The number of oxazole rings is 1. The van der Waals surface area contributed by atoms with Gasteiger partial charge in [-0.1, -0.05) is 73.6 Å². The lowest BCUT2D eigenvalue weighted by Gasteiger charge is -2.44. The summed E-state index contributed by atoms with van der Waals surface area (Å²) < 4.78 is 5.31. The highest BCUT2D eigenvalue weighted by Crippen LogP contribution is 2.33. The van der Waals surface area contributed by atoms with Crippen LogP contribution < -0.4 is 42.5 Å². The van der Waals surface area contributed by atoms with Gasteiger partial charge in [0.25, 0.3) is 5.91 Å². The van der Waals surface area contributed by atoms with Gasteiger partial charge in [0, 0.05) is 33.0 Å². The summed E-state index contributed by atoms with van der Waals surface area (Å²) in [6.07, 6.45) is 10.6. The van der Waals surface area contributed by atoms with Crippen molar-refractivity contribution in [2.45, 2.75) is 239 Å². The number of amides is 10. The smallest absolute Gasteiger partial charge is 0.277 e. The molecule has 23 heteroatoms. The van der Waals surface area contributed by atoms with Crippen LogP contribution >= 0.6 is 0 Å². The van der Waals surface area contributed by atoms with Crippen molar-refractivity contribution in [1.82, 2.24) is 62.2 Å². The Labute approximate surface area is 486 Å². The van der Waals surface area contributed by atoms with Crippen molar-refractivity contribution in [3.8, 4) is 0 Å². The summed E-state index contributed by atoms with van der Waals surface area (Å²) in [5.41, 5.74) is -4.86. The molecule has 23 nitrogen and oxygen atoms in total. The molecule has 2 aliphatic carbocycles. The molecule has 10 amide bonds. The lowest BCUT2D eigenvalue weighted by atomic mass is 9.76. The summed E-state index contributed by atoms with van der Waals surface area (Å²) in [4.78, 5) is 148. The summed E-state index contributed by atoms with van der Waals surface area (Å²) in [5.74, 6) is -5.03. The van der Waals surface area contributed by atoms with E-state index < -0.39 is 94.2 Å². The predicted molar refractivity (Wildman–Crippen MR) is 310 cm³/mol. The second-order valence-corrected chi connectivity index (χ2v) is 26.5. The van der Waals surface area contributed by atoms with E-state index >= 15 is 0 Å². The maximum absolute atomic E-state index is 14.7. The monoisotopic (exact) mass is 1150 g/mol. The molecule has 1 saturated heterocycles. The molecule has 8 N–H and O–H groups in total. The van der Waals surface area contributed by atoms with Gasteiger partial charge in [-0.3, -0.25) is 47.9 Å². The second kappa shape index (κ2) is 29.9. The van der Waals surface area contributed by atoms with Gasteiger partial charge in [-0.25, -0.2) is 4.98 Å². The Morgan fingerprint density at radius 2 is 1.21 bits per heavy atom. The van der Waals surface area contributed by atoms with Gasteiger partial charge >= 0.3 is 0 Å². The highest BCUT2D eigenvalue weighted by atomic mass is 16.3. The van der Waals surface area contributed by atoms with Crippen LogP contribution in [0.2, 0.25) is 0 Å². The van der Waals surface area contributed by atoms with Crippen LogP contribution in [0.3, 0.4) is 0 Å². The fourth-order valence-corrected chi connectivity index (χ4v) is 11.1. The number of aryl methyl sites for hydroxylation is 1. The lowest BCUT2D eigenvalue weighted by Crippen LogP contribution is -2.65. The number of aromatic nitrogens is 1. The zero-order valence-corrected chi connectivity index (χ0v) is 51.9. The molecule has 2 heterocycles. The SMILES string of the molecule is Cc1nc(C(=O)N2CCC[C@H]2N(C=O)[C@@H](CC2CCCCC2)C(=O)N[C@@H](CC(C)C)C(=O)NC(C)(C)C(=O)N[C@@H](CC(C)C)C(=O)N[C@@H](CC(C)C)C(=O)NC(C)(C)C(=O)NC(C)(C)C(=O)NCCC(=O)NC2(CN(C)C)CCC2)co1. The normalized spacial score (nSPS) is 18.1. The van der Waals surface area contributed by atoms with Crippen molar-refractivity contribution >= 4 is 59.6 Å². The van der Waals surface area contributed by atoms with E-state index in [2.05, 4.69) is 47.5 Å². The number of likely N-dealkylation sites (N-methyl/N-ethyl adjacent to an activating group) is 1. The van der Waals surface area contributed by atoms with E-state index in [-0.39, 0.29) is 73.0 Å². The number of nitrogens with zero attached hydrogens (tertiary/aromatic N) is 4.